The van der Waals surface area contributed by atoms with Gasteiger partial charge in [0, 0.05) is 24.0 Å². The Bertz CT molecular complexity index is 508. The summed E-state index contributed by atoms with van der Waals surface area (Å²) in [4.78, 5) is 13.8. The molecule has 1 aromatic carbocycles. The molecule has 0 heterocycles. The number of carbonyl (C=O) groups is 1. The Morgan fingerprint density at radius 1 is 1.63 bits per heavy atom. The Balaban J connectivity index is 2.87. The summed E-state index contributed by atoms with van der Waals surface area (Å²) >= 11 is 9.32. The molecular weight excluding hydrogens is 334 g/mol. The van der Waals surface area contributed by atoms with Crippen LogP contribution in [0.2, 0.25) is 5.02 Å². The minimum atomic E-state index is -0.212. The lowest BCUT2D eigenvalue weighted by atomic mass is 10.1. The Labute approximate surface area is 125 Å². The topological polar surface area (TPSA) is 78.9 Å². The summed E-state index contributed by atoms with van der Waals surface area (Å²) in [6.45, 7) is 1.81. The van der Waals surface area contributed by atoms with Crippen molar-refractivity contribution in [3.05, 3.63) is 33.3 Å². The number of rotatable bonds is 4. The number of nitrogens with zero attached hydrogens (tertiary/aromatic N) is 2. The summed E-state index contributed by atoms with van der Waals surface area (Å²) < 4.78 is 0.807. The first-order chi connectivity index (χ1) is 8.86. The van der Waals surface area contributed by atoms with Crippen LogP contribution in [0.5, 0.6) is 0 Å². The molecule has 1 aromatic rings. The molecule has 0 bridgehead atoms. The SMILES string of the molecule is CC(CC(N)=NO)N(C)C(=O)c1ccc(Br)cc1Cl. The van der Waals surface area contributed by atoms with Crippen LogP contribution in [0.1, 0.15) is 23.7 Å². The van der Waals surface area contributed by atoms with Crippen LogP contribution < -0.4 is 5.73 Å². The maximum atomic E-state index is 12.3. The van der Waals surface area contributed by atoms with Crippen LogP contribution in [-0.4, -0.2) is 34.9 Å². The zero-order valence-corrected chi connectivity index (χ0v) is 12.9. The second-order valence-corrected chi connectivity index (χ2v) is 5.51. The van der Waals surface area contributed by atoms with Gasteiger partial charge in [-0.05, 0) is 25.1 Å². The van der Waals surface area contributed by atoms with Crippen molar-refractivity contribution >= 4 is 39.3 Å². The van der Waals surface area contributed by atoms with Gasteiger partial charge in [-0.3, -0.25) is 4.79 Å². The van der Waals surface area contributed by atoms with Gasteiger partial charge < -0.3 is 15.8 Å². The third-order valence-electron chi connectivity index (χ3n) is 2.78. The Kier molecular flexibility index (Phi) is 5.62. The molecule has 1 atom stereocenters. The molecular formula is C12H15BrClN3O2. The molecule has 0 aliphatic heterocycles. The molecule has 0 aliphatic carbocycles. The zero-order valence-electron chi connectivity index (χ0n) is 10.6. The summed E-state index contributed by atoms with van der Waals surface area (Å²) in [5, 5.41) is 11.8. The van der Waals surface area contributed by atoms with E-state index in [1.165, 1.54) is 4.90 Å². The molecule has 1 amide bonds. The van der Waals surface area contributed by atoms with E-state index in [4.69, 9.17) is 22.5 Å². The standard InChI is InChI=1S/C12H15BrClN3O2/c1-7(5-11(15)16-19)17(2)12(18)9-4-3-8(13)6-10(9)14/h3-4,6-7,19H,5H2,1-2H3,(H2,15,16). The highest BCUT2D eigenvalue weighted by Gasteiger charge is 2.20. The fourth-order valence-electron chi connectivity index (χ4n) is 1.53. The number of hydrogen-bond acceptors (Lipinski definition) is 3. The largest absolute Gasteiger partial charge is 0.409 e. The lowest BCUT2D eigenvalue weighted by Crippen LogP contribution is -2.37. The summed E-state index contributed by atoms with van der Waals surface area (Å²) in [7, 11) is 1.65. The number of nitrogens with two attached hydrogens (primary N) is 1. The van der Waals surface area contributed by atoms with E-state index < -0.39 is 0 Å². The minimum Gasteiger partial charge on any atom is -0.409 e. The van der Waals surface area contributed by atoms with Gasteiger partial charge >= 0.3 is 0 Å². The number of benzene rings is 1. The first-order valence-corrected chi connectivity index (χ1v) is 6.72. The third kappa shape index (κ3) is 4.11. The van der Waals surface area contributed by atoms with E-state index in [1.54, 1.807) is 25.2 Å². The lowest BCUT2D eigenvalue weighted by Gasteiger charge is -2.25. The van der Waals surface area contributed by atoms with Crippen molar-refractivity contribution in [3.63, 3.8) is 0 Å². The fraction of sp³-hybridized carbons (Fsp3) is 0.333. The molecule has 0 fully saturated rings. The highest BCUT2D eigenvalue weighted by Crippen LogP contribution is 2.23. The van der Waals surface area contributed by atoms with Crippen LogP contribution in [0.25, 0.3) is 0 Å². The lowest BCUT2D eigenvalue weighted by molar-refractivity contribution is 0.0747. The van der Waals surface area contributed by atoms with Gasteiger partial charge in [-0.25, -0.2) is 0 Å². The van der Waals surface area contributed by atoms with Gasteiger partial charge in [0.2, 0.25) is 0 Å². The Morgan fingerprint density at radius 3 is 2.79 bits per heavy atom. The zero-order chi connectivity index (χ0) is 14.6. The predicted molar refractivity (Wildman–Crippen MR) is 78.7 cm³/mol. The Hall–Kier alpha value is -1.27. The number of carbonyl (C=O) groups excluding carboxylic acids is 1. The quantitative estimate of drug-likeness (QED) is 0.380. The molecule has 0 saturated carbocycles. The minimum absolute atomic E-state index is 0.0778. The second-order valence-electron chi connectivity index (χ2n) is 4.18. The molecule has 0 aromatic heterocycles. The van der Waals surface area contributed by atoms with Crippen molar-refractivity contribution in [2.24, 2.45) is 10.9 Å². The van der Waals surface area contributed by atoms with E-state index in [0.29, 0.717) is 10.6 Å². The maximum Gasteiger partial charge on any atom is 0.255 e. The van der Waals surface area contributed by atoms with Gasteiger partial charge in [0.1, 0.15) is 5.84 Å². The van der Waals surface area contributed by atoms with Gasteiger partial charge in [-0.1, -0.05) is 32.7 Å². The molecule has 0 radical (unpaired) electrons. The van der Waals surface area contributed by atoms with E-state index in [-0.39, 0.29) is 24.2 Å². The molecule has 19 heavy (non-hydrogen) atoms. The number of amides is 1. The summed E-state index contributed by atoms with van der Waals surface area (Å²) in [5.41, 5.74) is 5.85. The molecule has 104 valence electrons. The first kappa shape index (κ1) is 15.8. The summed E-state index contributed by atoms with van der Waals surface area (Å²) in [6, 6.07) is 4.86. The first-order valence-electron chi connectivity index (χ1n) is 5.55. The number of oxime groups is 1. The monoisotopic (exact) mass is 347 g/mol. The van der Waals surface area contributed by atoms with E-state index in [2.05, 4.69) is 21.1 Å². The fourth-order valence-corrected chi connectivity index (χ4v) is 2.29. The summed E-state index contributed by atoms with van der Waals surface area (Å²) in [5.74, 6) is -0.134. The van der Waals surface area contributed by atoms with Crippen molar-refractivity contribution in [1.82, 2.24) is 4.90 Å². The predicted octanol–water partition coefficient (Wildman–Crippen LogP) is 2.70. The van der Waals surface area contributed by atoms with E-state index >= 15 is 0 Å². The molecule has 3 N–H and O–H groups in total. The second kappa shape index (κ2) is 6.77. The smallest absolute Gasteiger partial charge is 0.255 e. The van der Waals surface area contributed by atoms with Crippen molar-refractivity contribution in [3.8, 4) is 0 Å². The van der Waals surface area contributed by atoms with E-state index in [1.807, 2.05) is 6.92 Å². The van der Waals surface area contributed by atoms with Crippen molar-refractivity contribution in [2.75, 3.05) is 7.05 Å². The average molecular weight is 349 g/mol. The number of hydrogen-bond donors (Lipinski definition) is 2. The number of amidine groups is 1. The van der Waals surface area contributed by atoms with Gasteiger partial charge in [0.15, 0.2) is 0 Å². The van der Waals surface area contributed by atoms with Gasteiger partial charge in [-0.15, -0.1) is 0 Å². The molecule has 0 aliphatic rings. The average Bonchev–Trinajstić information content (AvgIpc) is 2.36. The van der Waals surface area contributed by atoms with Crippen molar-refractivity contribution in [2.45, 2.75) is 19.4 Å². The normalized spacial score (nSPS) is 13.2. The Morgan fingerprint density at radius 2 is 2.26 bits per heavy atom. The molecule has 0 saturated heterocycles. The van der Waals surface area contributed by atoms with E-state index in [0.717, 1.165) is 4.47 Å². The molecule has 0 spiro atoms. The van der Waals surface area contributed by atoms with Gasteiger partial charge in [-0.2, -0.15) is 0 Å². The van der Waals surface area contributed by atoms with Crippen LogP contribution in [0.3, 0.4) is 0 Å². The molecule has 1 unspecified atom stereocenters. The third-order valence-corrected chi connectivity index (χ3v) is 3.58. The van der Waals surface area contributed by atoms with Gasteiger partial charge in [0.05, 0.1) is 10.6 Å². The highest BCUT2D eigenvalue weighted by molar-refractivity contribution is 9.10. The van der Waals surface area contributed by atoms with Crippen LogP contribution in [0.15, 0.2) is 27.8 Å². The van der Waals surface area contributed by atoms with Crippen LogP contribution in [-0.2, 0) is 0 Å². The van der Waals surface area contributed by atoms with Crippen molar-refractivity contribution in [1.29, 1.82) is 0 Å². The molecule has 1 rings (SSSR count). The maximum absolute atomic E-state index is 12.3. The molecule has 5 nitrogen and oxygen atoms in total. The van der Waals surface area contributed by atoms with Crippen LogP contribution in [0.4, 0.5) is 0 Å². The highest BCUT2D eigenvalue weighted by atomic mass is 79.9. The summed E-state index contributed by atoms with van der Waals surface area (Å²) in [6.07, 6.45) is 0.285. The molecule has 7 heteroatoms. The van der Waals surface area contributed by atoms with Crippen molar-refractivity contribution < 1.29 is 10.0 Å². The number of halogens is 2. The van der Waals surface area contributed by atoms with Crippen LogP contribution >= 0.6 is 27.5 Å². The van der Waals surface area contributed by atoms with Crippen LogP contribution in [0, 0.1) is 0 Å². The van der Waals surface area contributed by atoms with E-state index in [9.17, 15) is 4.79 Å². The van der Waals surface area contributed by atoms with Gasteiger partial charge in [0.25, 0.3) is 5.91 Å².